The van der Waals surface area contributed by atoms with Crippen molar-refractivity contribution in [1.29, 1.82) is 5.26 Å². The van der Waals surface area contributed by atoms with Gasteiger partial charge in [0.2, 0.25) is 0 Å². The molecule has 0 fully saturated rings. The first kappa shape index (κ1) is 21.1. The van der Waals surface area contributed by atoms with Crippen LogP contribution in [-0.2, 0) is 6.18 Å². The average molecular weight is 457 g/mol. The van der Waals surface area contributed by atoms with Crippen LogP contribution in [0.1, 0.15) is 11.1 Å². The molecule has 5 aromatic rings. The molecule has 0 saturated carbocycles. The van der Waals surface area contributed by atoms with Gasteiger partial charge >= 0.3 is 6.18 Å². The third-order valence-corrected chi connectivity index (χ3v) is 5.15. The number of halogens is 3. The highest BCUT2D eigenvalue weighted by Crippen LogP contribution is 2.33. The lowest BCUT2D eigenvalue weighted by molar-refractivity contribution is -0.137. The third kappa shape index (κ3) is 4.02. The number of rotatable bonds is 4. The number of para-hydroxylation sites is 1. The average Bonchev–Trinajstić information content (AvgIpc) is 3.34. The summed E-state index contributed by atoms with van der Waals surface area (Å²) in [5.74, 6) is 0.653. The Morgan fingerprint density at radius 1 is 0.941 bits per heavy atom. The Morgan fingerprint density at radius 3 is 2.62 bits per heavy atom. The van der Waals surface area contributed by atoms with Crippen LogP contribution in [0.3, 0.4) is 0 Å². The molecule has 7 nitrogen and oxygen atoms in total. The number of nitriles is 1. The highest BCUT2D eigenvalue weighted by molar-refractivity contribution is 5.90. The van der Waals surface area contributed by atoms with Crippen LogP contribution in [0.15, 0.2) is 79.3 Å². The summed E-state index contributed by atoms with van der Waals surface area (Å²) < 4.78 is 40.6. The number of anilines is 2. The standard InChI is InChI=1S/C24H14F3N7/c25-24(26,27)20-9-8-18(11-16(20)12-28)34-13-22(32-33-34)15-4-3-5-17(10-15)31-23-19-6-1-2-7-21(19)29-14-30-23/h1-11,13-14H,(H,29,30,31). The van der Waals surface area contributed by atoms with Gasteiger partial charge in [0.25, 0.3) is 0 Å². The van der Waals surface area contributed by atoms with Gasteiger partial charge in [-0.15, -0.1) is 5.10 Å². The van der Waals surface area contributed by atoms with Crippen molar-refractivity contribution in [3.8, 4) is 23.0 Å². The smallest absolute Gasteiger partial charge is 0.340 e. The predicted molar refractivity (Wildman–Crippen MR) is 119 cm³/mol. The van der Waals surface area contributed by atoms with Gasteiger partial charge in [0.1, 0.15) is 17.8 Å². The van der Waals surface area contributed by atoms with E-state index in [4.69, 9.17) is 5.26 Å². The highest BCUT2D eigenvalue weighted by Gasteiger charge is 2.33. The minimum atomic E-state index is -4.61. The van der Waals surface area contributed by atoms with E-state index in [1.165, 1.54) is 17.1 Å². The Labute approximate surface area is 191 Å². The number of nitrogens with one attached hydrogen (secondary N) is 1. The topological polar surface area (TPSA) is 92.3 Å². The second-order valence-electron chi connectivity index (χ2n) is 7.33. The van der Waals surface area contributed by atoms with Crippen LogP contribution in [0.25, 0.3) is 27.8 Å². The van der Waals surface area contributed by atoms with Crippen LogP contribution in [0.5, 0.6) is 0 Å². The fourth-order valence-corrected chi connectivity index (χ4v) is 3.53. The summed E-state index contributed by atoms with van der Waals surface area (Å²) >= 11 is 0. The first-order valence-electron chi connectivity index (χ1n) is 10.0. The number of nitrogens with zero attached hydrogens (tertiary/aromatic N) is 6. The quantitative estimate of drug-likeness (QED) is 0.383. The second-order valence-corrected chi connectivity index (χ2v) is 7.33. The molecule has 2 heterocycles. The minimum Gasteiger partial charge on any atom is -0.340 e. The maximum absolute atomic E-state index is 13.1. The van der Waals surface area contributed by atoms with Gasteiger partial charge in [-0.2, -0.15) is 18.4 Å². The molecule has 10 heteroatoms. The van der Waals surface area contributed by atoms with Crippen LogP contribution in [0, 0.1) is 11.3 Å². The van der Waals surface area contributed by atoms with E-state index in [-0.39, 0.29) is 0 Å². The van der Waals surface area contributed by atoms with Crippen molar-refractivity contribution in [2.24, 2.45) is 0 Å². The van der Waals surface area contributed by atoms with E-state index in [0.717, 1.165) is 34.3 Å². The van der Waals surface area contributed by atoms with Gasteiger partial charge in [-0.05, 0) is 42.5 Å². The fraction of sp³-hybridized carbons (Fsp3) is 0.0417. The van der Waals surface area contributed by atoms with Crippen LogP contribution in [0.4, 0.5) is 24.7 Å². The fourth-order valence-electron chi connectivity index (χ4n) is 3.53. The normalized spacial score (nSPS) is 11.4. The van der Waals surface area contributed by atoms with E-state index in [1.807, 2.05) is 48.5 Å². The third-order valence-electron chi connectivity index (χ3n) is 5.15. The zero-order chi connectivity index (χ0) is 23.7. The van der Waals surface area contributed by atoms with E-state index < -0.39 is 17.3 Å². The van der Waals surface area contributed by atoms with Crippen molar-refractivity contribution < 1.29 is 13.2 Å². The van der Waals surface area contributed by atoms with Crippen LogP contribution < -0.4 is 5.32 Å². The molecular formula is C24H14F3N7. The van der Waals surface area contributed by atoms with Crippen molar-refractivity contribution >= 4 is 22.4 Å². The number of benzene rings is 3. The van der Waals surface area contributed by atoms with E-state index >= 15 is 0 Å². The van der Waals surface area contributed by atoms with E-state index in [0.29, 0.717) is 17.2 Å². The maximum Gasteiger partial charge on any atom is 0.417 e. The zero-order valence-corrected chi connectivity index (χ0v) is 17.3. The van der Waals surface area contributed by atoms with Crippen molar-refractivity contribution in [3.63, 3.8) is 0 Å². The molecule has 5 rings (SSSR count). The molecule has 0 aliphatic rings. The highest BCUT2D eigenvalue weighted by atomic mass is 19.4. The second kappa shape index (κ2) is 8.29. The molecule has 34 heavy (non-hydrogen) atoms. The Balaban J connectivity index is 1.44. The summed E-state index contributed by atoms with van der Waals surface area (Å²) in [5.41, 5.74) is 1.65. The van der Waals surface area contributed by atoms with Gasteiger partial charge < -0.3 is 5.32 Å². The molecule has 0 aliphatic carbocycles. The SMILES string of the molecule is N#Cc1cc(-n2cc(-c3cccc(Nc4ncnc5ccccc45)c3)nn2)ccc1C(F)(F)F. The maximum atomic E-state index is 13.1. The summed E-state index contributed by atoms with van der Waals surface area (Å²) in [5, 5.41) is 21.5. The van der Waals surface area contributed by atoms with Crippen LogP contribution >= 0.6 is 0 Å². The zero-order valence-electron chi connectivity index (χ0n) is 17.3. The predicted octanol–water partition coefficient (Wildman–Crippen LogP) is 5.51. The van der Waals surface area contributed by atoms with Crippen molar-refractivity contribution in [2.45, 2.75) is 6.18 Å². The first-order valence-corrected chi connectivity index (χ1v) is 10.0. The Morgan fingerprint density at radius 2 is 1.79 bits per heavy atom. The number of aromatic nitrogens is 5. The molecule has 2 aromatic heterocycles. The summed E-state index contributed by atoms with van der Waals surface area (Å²) in [6, 6.07) is 19.9. The van der Waals surface area contributed by atoms with Crippen LogP contribution in [0.2, 0.25) is 0 Å². The number of alkyl halides is 3. The molecule has 0 saturated heterocycles. The van der Waals surface area contributed by atoms with E-state index in [1.54, 1.807) is 12.3 Å². The van der Waals surface area contributed by atoms with Gasteiger partial charge in [0, 0.05) is 16.6 Å². The lowest BCUT2D eigenvalue weighted by Gasteiger charge is -2.10. The molecule has 0 spiro atoms. The van der Waals surface area contributed by atoms with Gasteiger partial charge in [-0.3, -0.25) is 0 Å². The van der Waals surface area contributed by atoms with Gasteiger partial charge in [-0.1, -0.05) is 29.5 Å². The van der Waals surface area contributed by atoms with Gasteiger partial charge in [-0.25, -0.2) is 14.6 Å². The summed E-state index contributed by atoms with van der Waals surface area (Å²) in [6.45, 7) is 0. The molecule has 0 amide bonds. The van der Waals surface area contributed by atoms with E-state index in [9.17, 15) is 13.2 Å². The minimum absolute atomic E-state index is 0.296. The Bertz CT molecular complexity index is 1550. The number of hydrogen-bond donors (Lipinski definition) is 1. The molecule has 0 unspecified atom stereocenters. The van der Waals surface area contributed by atoms with Gasteiger partial charge in [0.15, 0.2) is 0 Å². The summed E-state index contributed by atoms with van der Waals surface area (Å²) in [6.07, 6.45) is -1.54. The van der Waals surface area contributed by atoms with E-state index in [2.05, 4.69) is 25.6 Å². The molecule has 0 aliphatic heterocycles. The molecular weight excluding hydrogens is 443 g/mol. The molecule has 3 aromatic carbocycles. The molecule has 1 N–H and O–H groups in total. The molecule has 0 bridgehead atoms. The summed E-state index contributed by atoms with van der Waals surface area (Å²) in [4.78, 5) is 8.58. The lowest BCUT2D eigenvalue weighted by atomic mass is 10.1. The monoisotopic (exact) mass is 457 g/mol. The number of hydrogen-bond acceptors (Lipinski definition) is 6. The van der Waals surface area contributed by atoms with Crippen molar-refractivity contribution in [3.05, 3.63) is 90.4 Å². The summed E-state index contributed by atoms with van der Waals surface area (Å²) in [7, 11) is 0. The molecule has 0 radical (unpaired) electrons. The van der Waals surface area contributed by atoms with Gasteiger partial charge in [0.05, 0.1) is 34.6 Å². The largest absolute Gasteiger partial charge is 0.417 e. The van der Waals surface area contributed by atoms with Crippen LogP contribution in [-0.4, -0.2) is 25.0 Å². The van der Waals surface area contributed by atoms with Crippen molar-refractivity contribution in [1.82, 2.24) is 25.0 Å². The molecule has 166 valence electrons. The Kier molecular flexibility index (Phi) is 5.14. The number of fused-ring (bicyclic) bond motifs is 1. The molecule has 0 atom stereocenters. The Hall–Kier alpha value is -4.78. The lowest BCUT2D eigenvalue weighted by Crippen LogP contribution is -2.08. The van der Waals surface area contributed by atoms with Crippen molar-refractivity contribution in [2.75, 3.05) is 5.32 Å². The first-order chi connectivity index (χ1) is 16.4.